The summed E-state index contributed by atoms with van der Waals surface area (Å²) in [6.07, 6.45) is 4.75. The molecule has 1 heterocycles. The summed E-state index contributed by atoms with van der Waals surface area (Å²) in [6, 6.07) is 2.99. The van der Waals surface area contributed by atoms with Crippen molar-refractivity contribution in [2.75, 3.05) is 0 Å². The largest absolute Gasteiger partial charge is 0.478 e. The molecule has 0 aliphatic carbocycles. The Morgan fingerprint density at radius 1 is 1.67 bits per heavy atom. The second-order valence-electron chi connectivity index (χ2n) is 3.06. The van der Waals surface area contributed by atoms with Gasteiger partial charge in [0.05, 0.1) is 0 Å². The van der Waals surface area contributed by atoms with E-state index in [1.807, 2.05) is 0 Å². The number of nitrogens with zero attached hydrogens (tertiary/aromatic N) is 1. The van der Waals surface area contributed by atoms with Crippen LogP contribution in [0.4, 0.5) is 0 Å². The predicted molar refractivity (Wildman–Crippen MR) is 54.9 cm³/mol. The minimum Gasteiger partial charge on any atom is -0.478 e. The molecule has 0 fully saturated rings. The monoisotopic (exact) mass is 205 g/mol. The van der Waals surface area contributed by atoms with Crippen molar-refractivity contribution in [1.29, 1.82) is 0 Å². The zero-order chi connectivity index (χ0) is 11.4. The molecule has 4 nitrogen and oxygen atoms in total. The van der Waals surface area contributed by atoms with Crippen molar-refractivity contribution in [1.82, 2.24) is 4.98 Å². The van der Waals surface area contributed by atoms with Crippen LogP contribution in [0.25, 0.3) is 0 Å². The van der Waals surface area contributed by atoms with Gasteiger partial charge in [-0.1, -0.05) is 5.92 Å². The van der Waals surface area contributed by atoms with Crippen LogP contribution in [0.5, 0.6) is 5.75 Å². The maximum absolute atomic E-state index is 10.7. The first kappa shape index (κ1) is 11.1. The van der Waals surface area contributed by atoms with E-state index >= 15 is 0 Å². The van der Waals surface area contributed by atoms with Crippen LogP contribution in [0.3, 0.4) is 0 Å². The molecule has 0 aromatic carbocycles. The number of terminal acetylenes is 1. The van der Waals surface area contributed by atoms with E-state index in [2.05, 4.69) is 10.9 Å². The molecule has 0 saturated heterocycles. The smallest absolute Gasteiger partial charge is 0.354 e. The molecule has 1 N–H and O–H groups in total. The highest BCUT2D eigenvalue weighted by Crippen LogP contribution is 2.15. The van der Waals surface area contributed by atoms with E-state index in [1.165, 1.54) is 6.07 Å². The lowest BCUT2D eigenvalue weighted by Crippen LogP contribution is -2.10. The highest BCUT2D eigenvalue weighted by molar-refractivity contribution is 5.85. The molecule has 1 aromatic heterocycles. The van der Waals surface area contributed by atoms with Crippen molar-refractivity contribution in [2.45, 2.75) is 20.0 Å². The Balaban J connectivity index is 3.00. The number of aromatic nitrogens is 1. The summed E-state index contributed by atoms with van der Waals surface area (Å²) in [5, 5.41) is 8.77. The molecule has 15 heavy (non-hydrogen) atoms. The van der Waals surface area contributed by atoms with Gasteiger partial charge in [-0.3, -0.25) is 0 Å². The third kappa shape index (κ3) is 2.99. The zero-order valence-electron chi connectivity index (χ0n) is 8.52. The normalized spacial score (nSPS) is 11.5. The molecule has 0 aliphatic heterocycles. The lowest BCUT2D eigenvalue weighted by Gasteiger charge is -2.09. The average Bonchev–Trinajstić information content (AvgIpc) is 2.16. The Morgan fingerprint density at radius 3 is 2.87 bits per heavy atom. The molecule has 1 rings (SSSR count). The molecule has 4 heteroatoms. The summed E-state index contributed by atoms with van der Waals surface area (Å²) in [5.41, 5.74) is 0.531. The SMILES string of the molecule is C#CC(C)Oc1cc(C)nc(C(=O)O)c1. The van der Waals surface area contributed by atoms with E-state index in [4.69, 9.17) is 16.3 Å². The van der Waals surface area contributed by atoms with E-state index in [-0.39, 0.29) is 5.69 Å². The van der Waals surface area contributed by atoms with Gasteiger partial charge in [-0.25, -0.2) is 9.78 Å². The van der Waals surface area contributed by atoms with Gasteiger partial charge in [0, 0.05) is 17.8 Å². The average molecular weight is 205 g/mol. The van der Waals surface area contributed by atoms with Gasteiger partial charge in [0.2, 0.25) is 0 Å². The van der Waals surface area contributed by atoms with E-state index in [0.717, 1.165) is 0 Å². The summed E-state index contributed by atoms with van der Waals surface area (Å²) in [5.74, 6) is 1.73. The summed E-state index contributed by atoms with van der Waals surface area (Å²) >= 11 is 0. The van der Waals surface area contributed by atoms with Crippen molar-refractivity contribution in [3.63, 3.8) is 0 Å². The maximum atomic E-state index is 10.7. The van der Waals surface area contributed by atoms with E-state index in [9.17, 15) is 4.79 Å². The van der Waals surface area contributed by atoms with E-state index < -0.39 is 12.1 Å². The quantitative estimate of drug-likeness (QED) is 0.759. The van der Waals surface area contributed by atoms with Crippen LogP contribution in [0, 0.1) is 19.3 Å². The predicted octanol–water partition coefficient (Wildman–Crippen LogP) is 1.49. The molecule has 0 spiro atoms. The number of carboxylic acids is 1. The van der Waals surface area contributed by atoms with Crippen LogP contribution in [-0.4, -0.2) is 22.2 Å². The summed E-state index contributed by atoms with van der Waals surface area (Å²) in [6.45, 7) is 3.40. The van der Waals surface area contributed by atoms with Crippen molar-refractivity contribution < 1.29 is 14.6 Å². The first-order valence-corrected chi connectivity index (χ1v) is 4.37. The summed E-state index contributed by atoms with van der Waals surface area (Å²) in [4.78, 5) is 14.5. The van der Waals surface area contributed by atoms with Gasteiger partial charge >= 0.3 is 5.97 Å². The third-order valence-corrected chi connectivity index (χ3v) is 1.69. The zero-order valence-corrected chi connectivity index (χ0v) is 8.52. The second kappa shape index (κ2) is 4.47. The van der Waals surface area contributed by atoms with Gasteiger partial charge < -0.3 is 9.84 Å². The van der Waals surface area contributed by atoms with E-state index in [0.29, 0.717) is 11.4 Å². The first-order valence-electron chi connectivity index (χ1n) is 4.37. The molecule has 1 atom stereocenters. The first-order chi connectivity index (χ1) is 7.02. The van der Waals surface area contributed by atoms with Crippen molar-refractivity contribution in [2.24, 2.45) is 0 Å². The molecular formula is C11H11NO3. The minimum absolute atomic E-state index is 0.0470. The van der Waals surface area contributed by atoms with Crippen molar-refractivity contribution in [3.8, 4) is 18.1 Å². The van der Waals surface area contributed by atoms with Gasteiger partial charge in [0.25, 0.3) is 0 Å². The lowest BCUT2D eigenvalue weighted by atomic mass is 10.3. The standard InChI is InChI=1S/C11H11NO3/c1-4-8(3)15-9-5-7(2)12-10(6-9)11(13)14/h1,5-6,8H,2-3H3,(H,13,14). The Kier molecular flexibility index (Phi) is 3.29. The van der Waals surface area contributed by atoms with Crippen LogP contribution in [0.15, 0.2) is 12.1 Å². The maximum Gasteiger partial charge on any atom is 0.354 e. The minimum atomic E-state index is -1.09. The highest BCUT2D eigenvalue weighted by Gasteiger charge is 2.09. The molecule has 1 unspecified atom stereocenters. The lowest BCUT2D eigenvalue weighted by molar-refractivity contribution is 0.0689. The van der Waals surface area contributed by atoms with Crippen LogP contribution in [0.1, 0.15) is 23.1 Å². The Morgan fingerprint density at radius 2 is 2.33 bits per heavy atom. The third-order valence-electron chi connectivity index (χ3n) is 1.69. The number of carboxylic acid groups (broad SMARTS) is 1. The molecular weight excluding hydrogens is 194 g/mol. The number of aromatic carboxylic acids is 1. The molecule has 0 bridgehead atoms. The second-order valence-corrected chi connectivity index (χ2v) is 3.06. The number of hydrogen-bond acceptors (Lipinski definition) is 3. The summed E-state index contributed by atoms with van der Waals surface area (Å²) < 4.78 is 5.30. The van der Waals surface area contributed by atoms with Crippen LogP contribution in [0.2, 0.25) is 0 Å². The number of carbonyl (C=O) groups is 1. The van der Waals surface area contributed by atoms with Gasteiger partial charge in [-0.05, 0) is 13.8 Å². The molecule has 1 aromatic rings. The number of aryl methyl sites for hydroxylation is 1. The molecule has 0 aliphatic rings. The fraction of sp³-hybridized carbons (Fsp3) is 0.273. The Bertz CT molecular complexity index is 420. The van der Waals surface area contributed by atoms with Gasteiger partial charge in [-0.15, -0.1) is 6.42 Å². The topological polar surface area (TPSA) is 59.4 Å². The number of rotatable bonds is 3. The molecule has 0 radical (unpaired) electrons. The fourth-order valence-corrected chi connectivity index (χ4v) is 1.05. The number of hydrogen-bond donors (Lipinski definition) is 1. The highest BCUT2D eigenvalue weighted by atomic mass is 16.5. The molecule has 78 valence electrons. The molecule has 0 amide bonds. The van der Waals surface area contributed by atoms with Crippen LogP contribution in [-0.2, 0) is 0 Å². The number of ether oxygens (including phenoxy) is 1. The van der Waals surface area contributed by atoms with Gasteiger partial charge in [-0.2, -0.15) is 0 Å². The van der Waals surface area contributed by atoms with Gasteiger partial charge in [0.1, 0.15) is 5.75 Å². The van der Waals surface area contributed by atoms with Gasteiger partial charge in [0.15, 0.2) is 11.8 Å². The van der Waals surface area contributed by atoms with Crippen molar-refractivity contribution >= 4 is 5.97 Å². The van der Waals surface area contributed by atoms with Crippen LogP contribution < -0.4 is 4.74 Å². The Hall–Kier alpha value is -2.02. The van der Waals surface area contributed by atoms with Crippen LogP contribution >= 0.6 is 0 Å². The molecule has 0 saturated carbocycles. The summed E-state index contributed by atoms with van der Waals surface area (Å²) in [7, 11) is 0. The number of pyridine rings is 1. The van der Waals surface area contributed by atoms with Crippen molar-refractivity contribution in [3.05, 3.63) is 23.5 Å². The fourth-order valence-electron chi connectivity index (χ4n) is 1.05. The van der Waals surface area contributed by atoms with E-state index in [1.54, 1.807) is 19.9 Å². The Labute approximate surface area is 87.9 Å².